The summed E-state index contributed by atoms with van der Waals surface area (Å²) in [5, 5.41) is 27.1. The van der Waals surface area contributed by atoms with Crippen LogP contribution in [0.2, 0.25) is 0 Å². The largest absolute Gasteiger partial charge is 0.496 e. The highest BCUT2D eigenvalue weighted by Crippen LogP contribution is 2.46. The first-order valence-electron chi connectivity index (χ1n) is 10.8. The quantitative estimate of drug-likeness (QED) is 0.405. The molecule has 1 aliphatic heterocycles. The van der Waals surface area contributed by atoms with Gasteiger partial charge in [-0.3, -0.25) is 15.0 Å². The summed E-state index contributed by atoms with van der Waals surface area (Å²) >= 11 is 0. The molecule has 0 bridgehead atoms. The minimum Gasteiger partial charge on any atom is -0.496 e. The number of aromatic nitrogens is 4. The number of nitrogen functional groups attached to an aromatic ring is 1. The van der Waals surface area contributed by atoms with Crippen LogP contribution in [0.3, 0.4) is 0 Å². The molecule has 0 saturated carbocycles. The zero-order valence-electron chi connectivity index (χ0n) is 19.4. The van der Waals surface area contributed by atoms with Crippen molar-refractivity contribution in [1.29, 1.82) is 0 Å². The van der Waals surface area contributed by atoms with E-state index in [4.69, 9.17) is 10.5 Å². The van der Waals surface area contributed by atoms with Gasteiger partial charge in [-0.2, -0.15) is 5.10 Å². The highest BCUT2D eigenvalue weighted by atomic mass is 16.6. The lowest BCUT2D eigenvalue weighted by Gasteiger charge is -2.40. The summed E-state index contributed by atoms with van der Waals surface area (Å²) in [4.78, 5) is 22.2. The Morgan fingerprint density at radius 2 is 2.03 bits per heavy atom. The first kappa shape index (κ1) is 22.9. The number of nitro groups is 1. The Balaban J connectivity index is 1.84. The number of aliphatic hydroxyl groups excluding tert-OH is 1. The number of anilines is 1. The van der Waals surface area contributed by atoms with Crippen LogP contribution in [-0.4, -0.2) is 67.5 Å². The lowest BCUT2D eigenvalue weighted by atomic mass is 9.85. The maximum Gasteiger partial charge on any atom is 0.279 e. The predicted octanol–water partition coefficient (Wildman–Crippen LogP) is 2.33. The molecule has 3 aromatic rings. The molecule has 11 heteroatoms. The molecule has 1 fully saturated rings. The maximum absolute atomic E-state index is 12.0. The van der Waals surface area contributed by atoms with E-state index in [1.165, 1.54) is 13.4 Å². The lowest BCUT2D eigenvalue weighted by Crippen LogP contribution is -2.48. The Morgan fingerprint density at radius 3 is 2.64 bits per heavy atom. The molecule has 0 spiro atoms. The Labute approximate surface area is 191 Å². The molecule has 3 heterocycles. The van der Waals surface area contributed by atoms with Gasteiger partial charge in [-0.1, -0.05) is 0 Å². The third-order valence-corrected chi connectivity index (χ3v) is 6.29. The number of fused-ring (bicyclic) bond motifs is 1. The van der Waals surface area contributed by atoms with Crippen LogP contribution in [0.5, 0.6) is 5.75 Å². The molecule has 11 nitrogen and oxygen atoms in total. The summed E-state index contributed by atoms with van der Waals surface area (Å²) in [5.41, 5.74) is 9.38. The molecule has 2 aromatic heterocycles. The number of ether oxygens (including phenoxy) is 1. The Kier molecular flexibility index (Phi) is 5.93. The maximum atomic E-state index is 12.0. The summed E-state index contributed by atoms with van der Waals surface area (Å²) < 4.78 is 7.57. The molecule has 1 saturated heterocycles. The number of aryl methyl sites for hydroxylation is 2. The predicted molar refractivity (Wildman–Crippen MR) is 124 cm³/mol. The van der Waals surface area contributed by atoms with Crippen LogP contribution in [0.25, 0.3) is 11.0 Å². The molecule has 4 rings (SSSR count). The number of likely N-dealkylation sites (tertiary alicyclic amines) is 1. The van der Waals surface area contributed by atoms with Crippen molar-refractivity contribution in [2.45, 2.75) is 45.8 Å². The number of hydrogen-bond acceptors (Lipinski definition) is 9. The van der Waals surface area contributed by atoms with Crippen molar-refractivity contribution < 1.29 is 14.8 Å². The van der Waals surface area contributed by atoms with E-state index in [0.29, 0.717) is 59.1 Å². The van der Waals surface area contributed by atoms with Crippen LogP contribution >= 0.6 is 0 Å². The van der Waals surface area contributed by atoms with Crippen molar-refractivity contribution in [2.24, 2.45) is 0 Å². The first-order chi connectivity index (χ1) is 15.6. The topological polar surface area (TPSA) is 145 Å². The van der Waals surface area contributed by atoms with Crippen LogP contribution in [0.4, 0.5) is 11.5 Å². The van der Waals surface area contributed by atoms with E-state index < -0.39 is 6.10 Å². The number of aliphatic hydroxyl groups is 1. The second-order valence-corrected chi connectivity index (χ2v) is 8.76. The van der Waals surface area contributed by atoms with Crippen molar-refractivity contribution >= 4 is 22.5 Å². The van der Waals surface area contributed by atoms with Crippen LogP contribution < -0.4 is 10.5 Å². The number of rotatable bonds is 7. The Hall–Kier alpha value is -3.31. The number of nitrogens with zero attached hydrogens (tertiary/aromatic N) is 6. The van der Waals surface area contributed by atoms with Gasteiger partial charge in [-0.15, -0.1) is 0 Å². The number of nitrogens with two attached hydrogens (primary N) is 1. The molecular weight excluding hydrogens is 426 g/mol. The highest BCUT2D eigenvalue weighted by molar-refractivity contribution is 5.88. The number of benzene rings is 1. The fraction of sp³-hybridized carbons (Fsp3) is 0.500. The van der Waals surface area contributed by atoms with Crippen molar-refractivity contribution in [3.8, 4) is 5.75 Å². The van der Waals surface area contributed by atoms with E-state index in [9.17, 15) is 15.2 Å². The summed E-state index contributed by atoms with van der Waals surface area (Å²) in [6.45, 7) is 9.05. The van der Waals surface area contributed by atoms with Crippen LogP contribution in [0.15, 0.2) is 12.4 Å². The van der Waals surface area contributed by atoms with Crippen LogP contribution in [-0.2, 0) is 0 Å². The fourth-order valence-corrected chi connectivity index (χ4v) is 4.85. The summed E-state index contributed by atoms with van der Waals surface area (Å²) in [5.74, 6) is 0.778. The van der Waals surface area contributed by atoms with E-state index in [1.807, 2.05) is 13.8 Å². The smallest absolute Gasteiger partial charge is 0.279 e. The molecule has 176 valence electrons. The number of nitro benzene ring substituents is 1. The van der Waals surface area contributed by atoms with E-state index in [2.05, 4.69) is 20.0 Å². The van der Waals surface area contributed by atoms with Crippen molar-refractivity contribution in [2.75, 3.05) is 32.5 Å². The monoisotopic (exact) mass is 455 g/mol. The zero-order chi connectivity index (χ0) is 24.0. The van der Waals surface area contributed by atoms with Gasteiger partial charge in [-0.05, 0) is 33.8 Å². The highest BCUT2D eigenvalue weighted by Gasteiger charge is 2.39. The summed E-state index contributed by atoms with van der Waals surface area (Å²) in [6, 6.07) is 1.47. The SMILES string of the molecule is COc1c(C(C)n2nc(C)c3c(N)ncnc32)cc(C)c([N+](=O)[O-])c1C1CN(C[C@H](C)O)C1. The normalized spacial score (nSPS) is 16.5. The number of β-amino-alcohol motifs (C(OH)–C–C–N with tert-alkyl or cyclic N) is 1. The first-order valence-corrected chi connectivity index (χ1v) is 10.8. The second-order valence-electron chi connectivity index (χ2n) is 8.76. The average molecular weight is 456 g/mol. The van der Waals surface area contributed by atoms with Gasteiger partial charge >= 0.3 is 0 Å². The fourth-order valence-electron chi connectivity index (χ4n) is 4.85. The van der Waals surface area contributed by atoms with Gasteiger partial charge in [0.2, 0.25) is 0 Å². The van der Waals surface area contributed by atoms with Gasteiger partial charge in [0.15, 0.2) is 5.65 Å². The third kappa shape index (κ3) is 3.87. The van der Waals surface area contributed by atoms with Crippen molar-refractivity contribution in [1.82, 2.24) is 24.6 Å². The van der Waals surface area contributed by atoms with Crippen molar-refractivity contribution in [3.63, 3.8) is 0 Å². The molecule has 0 aliphatic carbocycles. The lowest BCUT2D eigenvalue weighted by molar-refractivity contribution is -0.386. The number of hydrogen-bond donors (Lipinski definition) is 2. The molecule has 2 atom stereocenters. The molecule has 0 radical (unpaired) electrons. The van der Waals surface area contributed by atoms with Crippen molar-refractivity contribution in [3.05, 3.63) is 44.9 Å². The zero-order valence-corrected chi connectivity index (χ0v) is 19.4. The third-order valence-electron chi connectivity index (χ3n) is 6.29. The summed E-state index contributed by atoms with van der Waals surface area (Å²) in [7, 11) is 1.53. The van der Waals surface area contributed by atoms with Gasteiger partial charge in [0.05, 0.1) is 40.8 Å². The van der Waals surface area contributed by atoms with Gasteiger partial charge in [0.1, 0.15) is 17.9 Å². The molecule has 33 heavy (non-hydrogen) atoms. The Bertz CT molecular complexity index is 1220. The second kappa shape index (κ2) is 8.56. The van der Waals surface area contributed by atoms with E-state index in [0.717, 1.165) is 5.56 Å². The molecule has 1 aliphatic rings. The van der Waals surface area contributed by atoms with Gasteiger partial charge < -0.3 is 15.6 Å². The molecular formula is C22H29N7O4. The van der Waals surface area contributed by atoms with E-state index in [1.54, 1.807) is 24.6 Å². The molecule has 3 N–H and O–H groups in total. The van der Waals surface area contributed by atoms with Gasteiger partial charge in [-0.25, -0.2) is 14.6 Å². The molecule has 1 unspecified atom stereocenters. The minimum absolute atomic E-state index is 0.0704. The van der Waals surface area contributed by atoms with Crippen LogP contribution in [0.1, 0.15) is 48.2 Å². The standard InChI is InChI=1S/C22H29N7O4/c1-11-6-16(14(4)28-22-17(13(3)26-28)21(23)24-10-25-22)20(33-5)18(19(11)29(31)32)15-8-27(9-15)7-12(2)30/h6,10,12,14-15,30H,7-9H2,1-5H3,(H2,23,24,25)/t12-,14?/m0/s1. The van der Waals surface area contributed by atoms with E-state index in [-0.39, 0.29) is 22.6 Å². The average Bonchev–Trinajstić information content (AvgIpc) is 3.06. The Morgan fingerprint density at radius 1 is 1.33 bits per heavy atom. The molecule has 1 aromatic carbocycles. The van der Waals surface area contributed by atoms with Gasteiger partial charge in [0.25, 0.3) is 5.69 Å². The number of methoxy groups -OCH3 is 1. The van der Waals surface area contributed by atoms with Gasteiger partial charge in [0, 0.05) is 36.7 Å². The van der Waals surface area contributed by atoms with Crippen LogP contribution in [0, 0.1) is 24.0 Å². The molecule has 0 amide bonds. The van der Waals surface area contributed by atoms with E-state index >= 15 is 0 Å². The summed E-state index contributed by atoms with van der Waals surface area (Å²) in [6.07, 6.45) is 0.943. The minimum atomic E-state index is -0.457.